The molecule has 0 spiro atoms. The smallest absolute Gasteiger partial charge is 0.375 e. The van der Waals surface area contributed by atoms with Crippen LogP contribution in [0.2, 0.25) is 0 Å². The van der Waals surface area contributed by atoms with Crippen LogP contribution in [-0.2, 0) is 9.59 Å². The Hall–Kier alpha value is -1.02. The predicted molar refractivity (Wildman–Crippen MR) is 47.0 cm³/mol. The molecule has 0 saturated heterocycles. The van der Waals surface area contributed by atoms with E-state index >= 15 is 0 Å². The average molecular weight is 222 g/mol. The van der Waals surface area contributed by atoms with Crippen molar-refractivity contribution < 1.29 is 35.1 Å². The summed E-state index contributed by atoms with van der Waals surface area (Å²) in [6.07, 6.45) is -7.29. The number of ketones is 1. The van der Waals surface area contributed by atoms with Gasteiger partial charge in [0.1, 0.15) is 12.2 Å². The van der Waals surface area contributed by atoms with E-state index in [9.17, 15) is 14.7 Å². The standard InChI is InChI=1S/C8H14O7/c1-2-3(9)4(10)5(11)6(12)7(13)8(14)15/h3-6,9-12H,2H2,1H3,(H,14,15). The van der Waals surface area contributed by atoms with Crippen LogP contribution in [0.25, 0.3) is 0 Å². The van der Waals surface area contributed by atoms with Crippen molar-refractivity contribution in [3.05, 3.63) is 0 Å². The van der Waals surface area contributed by atoms with Crippen molar-refractivity contribution >= 4 is 11.8 Å². The number of aliphatic hydroxyl groups is 4. The number of hydrogen-bond donors (Lipinski definition) is 5. The number of aliphatic carboxylic acids is 1. The number of carboxylic acid groups (broad SMARTS) is 1. The minimum atomic E-state index is -2.25. The zero-order chi connectivity index (χ0) is 12.2. The number of carboxylic acids is 1. The molecule has 0 aliphatic heterocycles. The quantitative estimate of drug-likeness (QED) is 0.313. The Morgan fingerprint density at radius 2 is 1.53 bits per heavy atom. The van der Waals surface area contributed by atoms with Gasteiger partial charge in [-0.2, -0.15) is 0 Å². The highest BCUT2D eigenvalue weighted by atomic mass is 16.4. The molecule has 0 aliphatic carbocycles. The number of aliphatic hydroxyl groups excluding tert-OH is 4. The van der Waals surface area contributed by atoms with E-state index in [1.54, 1.807) is 0 Å². The van der Waals surface area contributed by atoms with Crippen LogP contribution in [0, 0.1) is 0 Å². The van der Waals surface area contributed by atoms with Crippen molar-refractivity contribution in [2.24, 2.45) is 0 Å². The molecule has 0 rings (SSSR count). The molecular formula is C8H14O7. The van der Waals surface area contributed by atoms with E-state index in [2.05, 4.69) is 0 Å². The molecule has 4 atom stereocenters. The second-order valence-electron chi connectivity index (χ2n) is 3.07. The van der Waals surface area contributed by atoms with Gasteiger partial charge in [-0.25, -0.2) is 4.79 Å². The summed E-state index contributed by atoms with van der Waals surface area (Å²) in [5, 5.41) is 44.7. The van der Waals surface area contributed by atoms with Gasteiger partial charge in [-0.15, -0.1) is 0 Å². The molecule has 0 aromatic heterocycles. The zero-order valence-electron chi connectivity index (χ0n) is 8.07. The molecule has 0 aromatic rings. The fourth-order valence-electron chi connectivity index (χ4n) is 0.937. The highest BCUT2D eigenvalue weighted by Crippen LogP contribution is 2.08. The van der Waals surface area contributed by atoms with Crippen molar-refractivity contribution in [3.8, 4) is 0 Å². The van der Waals surface area contributed by atoms with Crippen molar-refractivity contribution in [3.63, 3.8) is 0 Å². The molecule has 0 heterocycles. The Balaban J connectivity index is 4.50. The molecular weight excluding hydrogens is 208 g/mol. The van der Waals surface area contributed by atoms with Gasteiger partial charge in [0.05, 0.1) is 6.10 Å². The fraction of sp³-hybridized carbons (Fsp3) is 0.750. The fourth-order valence-corrected chi connectivity index (χ4v) is 0.937. The lowest BCUT2D eigenvalue weighted by molar-refractivity contribution is -0.161. The minimum absolute atomic E-state index is 0.0895. The third kappa shape index (κ3) is 3.56. The molecule has 4 unspecified atom stereocenters. The third-order valence-corrected chi connectivity index (χ3v) is 1.97. The Bertz CT molecular complexity index is 239. The Labute approximate surface area is 85.6 Å². The lowest BCUT2D eigenvalue weighted by Crippen LogP contribution is -2.49. The molecule has 7 nitrogen and oxygen atoms in total. The summed E-state index contributed by atoms with van der Waals surface area (Å²) in [6.45, 7) is 1.51. The molecule has 0 radical (unpaired) electrons. The average Bonchev–Trinajstić information content (AvgIpc) is 2.23. The van der Waals surface area contributed by atoms with Gasteiger partial charge < -0.3 is 25.5 Å². The molecule has 7 heteroatoms. The van der Waals surface area contributed by atoms with Crippen molar-refractivity contribution in [2.45, 2.75) is 37.8 Å². The Morgan fingerprint density at radius 1 is 1.07 bits per heavy atom. The number of Topliss-reactive ketones (excluding diaryl/α,β-unsaturated/α-hetero) is 1. The largest absolute Gasteiger partial charge is 0.475 e. The van der Waals surface area contributed by atoms with Crippen molar-refractivity contribution in [2.75, 3.05) is 0 Å². The maximum Gasteiger partial charge on any atom is 0.375 e. The van der Waals surface area contributed by atoms with Crippen LogP contribution < -0.4 is 0 Å². The van der Waals surface area contributed by atoms with E-state index in [0.29, 0.717) is 0 Å². The van der Waals surface area contributed by atoms with Gasteiger partial charge in [0.25, 0.3) is 5.78 Å². The molecule has 0 saturated carbocycles. The maximum atomic E-state index is 10.7. The SMILES string of the molecule is CCC(O)C(O)C(O)C(O)C(=O)C(=O)O. The molecule has 0 amide bonds. The molecule has 15 heavy (non-hydrogen) atoms. The summed E-state index contributed by atoms with van der Waals surface area (Å²) in [5.41, 5.74) is 0. The molecule has 88 valence electrons. The minimum Gasteiger partial charge on any atom is -0.475 e. The van der Waals surface area contributed by atoms with Gasteiger partial charge in [0.2, 0.25) is 0 Å². The van der Waals surface area contributed by atoms with Crippen LogP contribution in [0.5, 0.6) is 0 Å². The first-order valence-corrected chi connectivity index (χ1v) is 4.32. The zero-order valence-corrected chi connectivity index (χ0v) is 8.07. The van der Waals surface area contributed by atoms with Crippen LogP contribution in [0.15, 0.2) is 0 Å². The monoisotopic (exact) mass is 222 g/mol. The lowest BCUT2D eigenvalue weighted by atomic mass is 9.99. The number of hydrogen-bond acceptors (Lipinski definition) is 6. The van der Waals surface area contributed by atoms with Crippen LogP contribution in [-0.4, -0.2) is 61.7 Å². The van der Waals surface area contributed by atoms with E-state index in [-0.39, 0.29) is 6.42 Å². The van der Waals surface area contributed by atoms with Gasteiger partial charge >= 0.3 is 5.97 Å². The van der Waals surface area contributed by atoms with E-state index in [0.717, 1.165) is 0 Å². The summed E-state index contributed by atoms with van der Waals surface area (Å²) in [5.74, 6) is -3.55. The van der Waals surface area contributed by atoms with Gasteiger partial charge in [0, 0.05) is 0 Å². The van der Waals surface area contributed by atoms with E-state index < -0.39 is 36.2 Å². The second-order valence-corrected chi connectivity index (χ2v) is 3.07. The van der Waals surface area contributed by atoms with Crippen LogP contribution in [0.1, 0.15) is 13.3 Å². The van der Waals surface area contributed by atoms with Crippen molar-refractivity contribution in [1.82, 2.24) is 0 Å². The number of carbonyl (C=O) groups excluding carboxylic acids is 1. The second kappa shape index (κ2) is 5.76. The first-order valence-electron chi connectivity index (χ1n) is 4.32. The van der Waals surface area contributed by atoms with E-state index in [1.807, 2.05) is 0 Å². The highest BCUT2D eigenvalue weighted by molar-refractivity contribution is 6.34. The normalized spacial score (nSPS) is 19.0. The Morgan fingerprint density at radius 3 is 1.87 bits per heavy atom. The van der Waals surface area contributed by atoms with Gasteiger partial charge in [-0.3, -0.25) is 4.79 Å². The topological polar surface area (TPSA) is 135 Å². The predicted octanol–water partition coefficient (Wildman–Crippen LogP) is -2.51. The molecule has 0 aliphatic rings. The summed E-state index contributed by atoms with van der Waals surface area (Å²) in [6, 6.07) is 0. The molecule has 0 fully saturated rings. The summed E-state index contributed by atoms with van der Waals surface area (Å²) in [4.78, 5) is 20.8. The maximum absolute atomic E-state index is 10.7. The van der Waals surface area contributed by atoms with Crippen LogP contribution >= 0.6 is 0 Å². The number of carbonyl (C=O) groups is 2. The highest BCUT2D eigenvalue weighted by Gasteiger charge is 2.36. The van der Waals surface area contributed by atoms with E-state index in [4.69, 9.17) is 20.4 Å². The first kappa shape index (κ1) is 14.0. The first-order chi connectivity index (χ1) is 6.82. The molecule has 0 aromatic carbocycles. The lowest BCUT2D eigenvalue weighted by Gasteiger charge is -2.24. The van der Waals surface area contributed by atoms with Crippen LogP contribution in [0.4, 0.5) is 0 Å². The van der Waals surface area contributed by atoms with Gasteiger partial charge in [-0.05, 0) is 6.42 Å². The molecule has 0 bridgehead atoms. The molecule has 5 N–H and O–H groups in total. The van der Waals surface area contributed by atoms with E-state index in [1.165, 1.54) is 6.92 Å². The number of rotatable bonds is 6. The summed E-state index contributed by atoms with van der Waals surface area (Å²) < 4.78 is 0. The Kier molecular flexibility index (Phi) is 5.37. The third-order valence-electron chi connectivity index (χ3n) is 1.97. The summed E-state index contributed by atoms with van der Waals surface area (Å²) >= 11 is 0. The summed E-state index contributed by atoms with van der Waals surface area (Å²) in [7, 11) is 0. The van der Waals surface area contributed by atoms with Gasteiger partial charge in [0.15, 0.2) is 6.10 Å². The van der Waals surface area contributed by atoms with Crippen molar-refractivity contribution in [1.29, 1.82) is 0 Å². The van der Waals surface area contributed by atoms with Crippen LogP contribution in [0.3, 0.4) is 0 Å². The van der Waals surface area contributed by atoms with Gasteiger partial charge in [-0.1, -0.05) is 6.92 Å².